The van der Waals surface area contributed by atoms with Crippen molar-refractivity contribution in [3.8, 4) is 0 Å². The van der Waals surface area contributed by atoms with Crippen LogP contribution in [0.5, 0.6) is 0 Å². The average Bonchev–Trinajstić information content (AvgIpc) is 3.05. The van der Waals surface area contributed by atoms with Gasteiger partial charge in [-0.15, -0.1) is 0 Å². The molecule has 5 nitrogen and oxygen atoms in total. The summed E-state index contributed by atoms with van der Waals surface area (Å²) in [5.41, 5.74) is 0.463. The lowest BCUT2D eigenvalue weighted by Gasteiger charge is -2.22. The SMILES string of the molecule is CC(CO)N(C)C(=O)c1ccn(C2CCCC2)n1. The van der Waals surface area contributed by atoms with Crippen molar-refractivity contribution in [1.82, 2.24) is 14.7 Å². The standard InChI is InChI=1S/C13H21N3O2/c1-10(9-17)15(2)13(18)12-7-8-16(14-12)11-5-3-4-6-11/h7-8,10-11,17H,3-6,9H2,1-2H3. The highest BCUT2D eigenvalue weighted by molar-refractivity contribution is 5.92. The summed E-state index contributed by atoms with van der Waals surface area (Å²) in [6, 6.07) is 2.03. The number of rotatable bonds is 4. The van der Waals surface area contributed by atoms with E-state index in [0.717, 1.165) is 12.8 Å². The van der Waals surface area contributed by atoms with E-state index in [9.17, 15) is 4.79 Å². The Labute approximate surface area is 107 Å². The third-order valence-electron chi connectivity index (χ3n) is 3.77. The van der Waals surface area contributed by atoms with Gasteiger partial charge in [0, 0.05) is 13.2 Å². The first-order valence-electron chi connectivity index (χ1n) is 6.56. The monoisotopic (exact) mass is 251 g/mol. The molecule has 1 aliphatic carbocycles. The molecule has 1 saturated carbocycles. The molecule has 2 rings (SSSR count). The molecule has 0 radical (unpaired) electrons. The Balaban J connectivity index is 2.07. The molecule has 0 aromatic carbocycles. The van der Waals surface area contributed by atoms with Crippen LogP contribution in [0.1, 0.15) is 49.1 Å². The molecule has 1 unspecified atom stereocenters. The van der Waals surface area contributed by atoms with Crippen LogP contribution in [-0.4, -0.2) is 45.4 Å². The molecule has 1 aromatic rings. The van der Waals surface area contributed by atoms with Crippen LogP contribution in [0, 0.1) is 0 Å². The Kier molecular flexibility index (Phi) is 4.01. The van der Waals surface area contributed by atoms with Crippen LogP contribution in [0.25, 0.3) is 0 Å². The third kappa shape index (κ3) is 2.56. The minimum Gasteiger partial charge on any atom is -0.394 e. The van der Waals surface area contributed by atoms with E-state index in [0.29, 0.717) is 11.7 Å². The van der Waals surface area contributed by atoms with E-state index in [1.807, 2.05) is 17.8 Å². The molecular weight excluding hydrogens is 230 g/mol. The molecule has 1 aromatic heterocycles. The quantitative estimate of drug-likeness (QED) is 0.881. The van der Waals surface area contributed by atoms with Gasteiger partial charge in [0.05, 0.1) is 18.7 Å². The zero-order chi connectivity index (χ0) is 13.1. The Morgan fingerprint density at radius 3 is 2.89 bits per heavy atom. The zero-order valence-electron chi connectivity index (χ0n) is 11.0. The molecule has 100 valence electrons. The number of hydrogen-bond acceptors (Lipinski definition) is 3. The number of likely N-dealkylation sites (N-methyl/N-ethyl adjacent to an activating group) is 1. The van der Waals surface area contributed by atoms with Gasteiger partial charge in [-0.3, -0.25) is 9.48 Å². The van der Waals surface area contributed by atoms with Gasteiger partial charge >= 0.3 is 0 Å². The maximum absolute atomic E-state index is 12.1. The van der Waals surface area contributed by atoms with Gasteiger partial charge in [-0.05, 0) is 25.8 Å². The van der Waals surface area contributed by atoms with E-state index in [1.165, 1.54) is 17.7 Å². The molecule has 0 spiro atoms. The minimum absolute atomic E-state index is 0.0361. The summed E-state index contributed by atoms with van der Waals surface area (Å²) in [6.45, 7) is 1.78. The second kappa shape index (κ2) is 5.52. The Morgan fingerprint density at radius 2 is 2.28 bits per heavy atom. The van der Waals surface area contributed by atoms with Crippen LogP contribution in [0.15, 0.2) is 12.3 Å². The van der Waals surface area contributed by atoms with Crippen LogP contribution < -0.4 is 0 Å². The topological polar surface area (TPSA) is 58.4 Å². The molecule has 5 heteroatoms. The largest absolute Gasteiger partial charge is 0.394 e. The number of hydrogen-bond donors (Lipinski definition) is 1. The van der Waals surface area contributed by atoms with Gasteiger partial charge in [0.15, 0.2) is 0 Å². The molecule has 0 saturated heterocycles. The predicted octanol–water partition coefficient (Wildman–Crippen LogP) is 1.45. The van der Waals surface area contributed by atoms with Crippen LogP contribution >= 0.6 is 0 Å². The molecule has 1 fully saturated rings. The minimum atomic E-state index is -0.186. The second-order valence-corrected chi connectivity index (χ2v) is 5.07. The molecule has 18 heavy (non-hydrogen) atoms. The fourth-order valence-electron chi connectivity index (χ4n) is 2.33. The first kappa shape index (κ1) is 13.1. The summed E-state index contributed by atoms with van der Waals surface area (Å²) >= 11 is 0. The van der Waals surface area contributed by atoms with Crippen LogP contribution in [0.4, 0.5) is 0 Å². The fraction of sp³-hybridized carbons (Fsp3) is 0.692. The van der Waals surface area contributed by atoms with E-state index in [1.54, 1.807) is 13.1 Å². The molecule has 1 amide bonds. The van der Waals surface area contributed by atoms with Crippen molar-refractivity contribution >= 4 is 5.91 Å². The fourth-order valence-corrected chi connectivity index (χ4v) is 2.33. The number of aliphatic hydroxyl groups excluding tert-OH is 1. The normalized spacial score (nSPS) is 17.9. The van der Waals surface area contributed by atoms with Crippen molar-refractivity contribution in [3.63, 3.8) is 0 Å². The molecule has 1 heterocycles. The number of nitrogens with zero attached hydrogens (tertiary/aromatic N) is 3. The molecule has 1 aliphatic rings. The van der Waals surface area contributed by atoms with Crippen LogP contribution in [-0.2, 0) is 0 Å². The predicted molar refractivity (Wildman–Crippen MR) is 68.4 cm³/mol. The van der Waals surface area contributed by atoms with Gasteiger partial charge in [-0.2, -0.15) is 5.10 Å². The Hall–Kier alpha value is -1.36. The number of amides is 1. The highest BCUT2D eigenvalue weighted by Crippen LogP contribution is 2.28. The molecule has 0 bridgehead atoms. The lowest BCUT2D eigenvalue weighted by molar-refractivity contribution is 0.0675. The highest BCUT2D eigenvalue weighted by atomic mass is 16.3. The van der Waals surface area contributed by atoms with Crippen molar-refractivity contribution in [2.24, 2.45) is 0 Å². The average molecular weight is 251 g/mol. The van der Waals surface area contributed by atoms with Gasteiger partial charge in [0.2, 0.25) is 0 Å². The summed E-state index contributed by atoms with van der Waals surface area (Å²) < 4.78 is 1.91. The maximum atomic E-state index is 12.1. The van der Waals surface area contributed by atoms with Crippen LogP contribution in [0.2, 0.25) is 0 Å². The first-order chi connectivity index (χ1) is 8.63. The van der Waals surface area contributed by atoms with Gasteiger partial charge < -0.3 is 10.0 Å². The lowest BCUT2D eigenvalue weighted by Crippen LogP contribution is -2.37. The van der Waals surface area contributed by atoms with Gasteiger partial charge in [-0.1, -0.05) is 12.8 Å². The van der Waals surface area contributed by atoms with E-state index >= 15 is 0 Å². The first-order valence-corrected chi connectivity index (χ1v) is 6.56. The number of aromatic nitrogens is 2. The molecule has 1 atom stereocenters. The van der Waals surface area contributed by atoms with Crippen LogP contribution in [0.3, 0.4) is 0 Å². The summed E-state index contributed by atoms with van der Waals surface area (Å²) in [5.74, 6) is -0.131. The zero-order valence-corrected chi connectivity index (χ0v) is 11.0. The maximum Gasteiger partial charge on any atom is 0.274 e. The van der Waals surface area contributed by atoms with Crippen molar-refractivity contribution in [2.75, 3.05) is 13.7 Å². The van der Waals surface area contributed by atoms with Crippen molar-refractivity contribution in [1.29, 1.82) is 0 Å². The van der Waals surface area contributed by atoms with E-state index in [2.05, 4.69) is 5.10 Å². The van der Waals surface area contributed by atoms with E-state index in [4.69, 9.17) is 5.11 Å². The smallest absolute Gasteiger partial charge is 0.274 e. The van der Waals surface area contributed by atoms with Crippen molar-refractivity contribution < 1.29 is 9.90 Å². The van der Waals surface area contributed by atoms with E-state index in [-0.39, 0.29) is 18.6 Å². The molecular formula is C13H21N3O2. The Morgan fingerprint density at radius 1 is 1.61 bits per heavy atom. The highest BCUT2D eigenvalue weighted by Gasteiger charge is 2.22. The Bertz CT molecular complexity index is 410. The number of aliphatic hydroxyl groups is 1. The lowest BCUT2D eigenvalue weighted by atomic mass is 10.3. The van der Waals surface area contributed by atoms with Gasteiger partial charge in [0.1, 0.15) is 5.69 Å². The van der Waals surface area contributed by atoms with E-state index < -0.39 is 0 Å². The second-order valence-electron chi connectivity index (χ2n) is 5.07. The third-order valence-corrected chi connectivity index (χ3v) is 3.77. The summed E-state index contributed by atoms with van der Waals surface area (Å²) in [4.78, 5) is 13.6. The van der Waals surface area contributed by atoms with Gasteiger partial charge in [-0.25, -0.2) is 0 Å². The molecule has 1 N–H and O–H groups in total. The summed E-state index contributed by atoms with van der Waals surface area (Å²) in [5, 5.41) is 13.4. The number of carbonyl (C=O) groups excluding carboxylic acids is 1. The summed E-state index contributed by atoms with van der Waals surface area (Å²) in [6.07, 6.45) is 6.68. The van der Waals surface area contributed by atoms with Gasteiger partial charge in [0.25, 0.3) is 5.91 Å². The number of carbonyl (C=O) groups is 1. The van der Waals surface area contributed by atoms with Crippen molar-refractivity contribution in [2.45, 2.75) is 44.7 Å². The molecule has 0 aliphatic heterocycles. The van der Waals surface area contributed by atoms with Crippen molar-refractivity contribution in [3.05, 3.63) is 18.0 Å². The summed E-state index contributed by atoms with van der Waals surface area (Å²) in [7, 11) is 1.69.